The second-order valence-electron chi connectivity index (χ2n) is 15.0. The third kappa shape index (κ3) is 4.30. The molecule has 0 radical (unpaired) electrons. The Labute approximate surface area is 313 Å². The zero-order valence-electron chi connectivity index (χ0n) is 29.7. The average molecular weight is 690 g/mol. The van der Waals surface area contributed by atoms with Gasteiger partial charge in [0.2, 0.25) is 0 Å². The third-order valence-corrected chi connectivity index (χ3v) is 12.0. The SMILES string of the molecule is c1ccc(-n2c3ccccc3c3cc(-c4ccc5c(c4)c4cc(-c6ccc7c(c6)N6c8ccccc8CC6C7)ccc4n5-c4ccccc4)ccc32)cc1. The van der Waals surface area contributed by atoms with Gasteiger partial charge in [-0.2, -0.15) is 0 Å². The van der Waals surface area contributed by atoms with Crippen molar-refractivity contribution in [2.45, 2.75) is 18.9 Å². The van der Waals surface area contributed by atoms with Crippen molar-refractivity contribution in [2.75, 3.05) is 4.90 Å². The van der Waals surface area contributed by atoms with Gasteiger partial charge in [0, 0.05) is 50.3 Å². The van der Waals surface area contributed by atoms with Crippen LogP contribution in [-0.4, -0.2) is 15.2 Å². The van der Waals surface area contributed by atoms with Gasteiger partial charge in [-0.1, -0.05) is 103 Å². The molecule has 0 N–H and O–H groups in total. The number of hydrogen-bond donors (Lipinski definition) is 0. The molecule has 10 aromatic rings. The van der Waals surface area contributed by atoms with Gasteiger partial charge >= 0.3 is 0 Å². The number of hydrogen-bond acceptors (Lipinski definition) is 1. The zero-order valence-corrected chi connectivity index (χ0v) is 29.7. The van der Waals surface area contributed by atoms with Crippen LogP contribution in [0, 0.1) is 0 Å². The lowest BCUT2D eigenvalue weighted by Crippen LogP contribution is -2.22. The van der Waals surface area contributed by atoms with E-state index in [4.69, 9.17) is 0 Å². The fourth-order valence-corrected chi connectivity index (χ4v) is 9.59. The number of anilines is 2. The van der Waals surface area contributed by atoms with E-state index in [1.165, 1.54) is 99.7 Å². The zero-order chi connectivity index (χ0) is 35.3. The van der Waals surface area contributed by atoms with Gasteiger partial charge in [0.25, 0.3) is 0 Å². The Morgan fingerprint density at radius 2 is 0.778 bits per heavy atom. The predicted molar refractivity (Wildman–Crippen MR) is 226 cm³/mol. The first-order chi connectivity index (χ1) is 26.8. The molecule has 2 aliphatic rings. The Morgan fingerprint density at radius 3 is 1.39 bits per heavy atom. The molecule has 0 fully saturated rings. The number of rotatable bonds is 4. The largest absolute Gasteiger partial charge is 0.337 e. The van der Waals surface area contributed by atoms with E-state index < -0.39 is 0 Å². The molecule has 1 atom stereocenters. The first kappa shape index (κ1) is 29.7. The maximum Gasteiger partial charge on any atom is 0.0541 e. The van der Waals surface area contributed by atoms with Crippen molar-refractivity contribution in [3.05, 3.63) is 193 Å². The molecule has 4 heterocycles. The lowest BCUT2D eigenvalue weighted by molar-refractivity contribution is 0.725. The van der Waals surface area contributed by atoms with Crippen LogP contribution in [0.2, 0.25) is 0 Å². The van der Waals surface area contributed by atoms with Gasteiger partial charge in [-0.05, 0) is 125 Å². The summed E-state index contributed by atoms with van der Waals surface area (Å²) in [7, 11) is 0. The molecule has 8 aromatic carbocycles. The van der Waals surface area contributed by atoms with E-state index in [9.17, 15) is 0 Å². The highest BCUT2D eigenvalue weighted by atomic mass is 15.2. The molecule has 0 bridgehead atoms. The molecule has 0 saturated heterocycles. The summed E-state index contributed by atoms with van der Waals surface area (Å²) in [5.41, 5.74) is 17.8. The van der Waals surface area contributed by atoms with Crippen molar-refractivity contribution in [1.29, 1.82) is 0 Å². The molecular formula is C51H35N3. The highest BCUT2D eigenvalue weighted by Crippen LogP contribution is 2.47. The number of aromatic nitrogens is 2. The summed E-state index contributed by atoms with van der Waals surface area (Å²) in [5, 5.41) is 5.05. The monoisotopic (exact) mass is 689 g/mol. The van der Waals surface area contributed by atoms with Crippen LogP contribution >= 0.6 is 0 Å². The maximum atomic E-state index is 2.59. The van der Waals surface area contributed by atoms with Crippen LogP contribution in [0.5, 0.6) is 0 Å². The van der Waals surface area contributed by atoms with Gasteiger partial charge < -0.3 is 14.0 Å². The predicted octanol–water partition coefficient (Wildman–Crippen LogP) is 12.8. The lowest BCUT2D eigenvalue weighted by Gasteiger charge is -2.21. The van der Waals surface area contributed by atoms with E-state index in [0.717, 1.165) is 12.8 Å². The highest BCUT2D eigenvalue weighted by Gasteiger charge is 2.36. The van der Waals surface area contributed by atoms with Gasteiger partial charge in [0.1, 0.15) is 0 Å². The van der Waals surface area contributed by atoms with Crippen LogP contribution in [-0.2, 0) is 12.8 Å². The van der Waals surface area contributed by atoms with E-state index in [2.05, 4.69) is 196 Å². The van der Waals surface area contributed by atoms with E-state index in [-0.39, 0.29) is 0 Å². The van der Waals surface area contributed by atoms with Crippen molar-refractivity contribution < 1.29 is 0 Å². The Balaban J connectivity index is 1.03. The summed E-state index contributed by atoms with van der Waals surface area (Å²) in [6, 6.07) is 67.9. The topological polar surface area (TPSA) is 13.1 Å². The molecule has 12 rings (SSSR count). The minimum Gasteiger partial charge on any atom is -0.337 e. The summed E-state index contributed by atoms with van der Waals surface area (Å²) >= 11 is 0. The van der Waals surface area contributed by atoms with Crippen LogP contribution in [0.3, 0.4) is 0 Å². The Bertz CT molecular complexity index is 3110. The Hall–Kier alpha value is -6.84. The molecule has 3 heteroatoms. The second kappa shape index (κ2) is 11.3. The van der Waals surface area contributed by atoms with Crippen molar-refractivity contribution in [2.24, 2.45) is 0 Å². The molecule has 1 unspecified atom stereocenters. The van der Waals surface area contributed by atoms with E-state index in [1.807, 2.05) is 0 Å². The van der Waals surface area contributed by atoms with Crippen molar-refractivity contribution in [3.63, 3.8) is 0 Å². The maximum absolute atomic E-state index is 2.59. The van der Waals surface area contributed by atoms with E-state index in [1.54, 1.807) is 0 Å². The summed E-state index contributed by atoms with van der Waals surface area (Å²) in [6.07, 6.45) is 2.23. The van der Waals surface area contributed by atoms with Gasteiger partial charge in [0.15, 0.2) is 0 Å². The highest BCUT2D eigenvalue weighted by molar-refractivity contribution is 6.13. The quantitative estimate of drug-likeness (QED) is 0.179. The number of para-hydroxylation sites is 4. The molecule has 0 amide bonds. The number of nitrogens with zero attached hydrogens (tertiary/aromatic N) is 3. The summed E-state index contributed by atoms with van der Waals surface area (Å²) in [4.78, 5) is 2.59. The van der Waals surface area contributed by atoms with Gasteiger partial charge in [-0.3, -0.25) is 0 Å². The van der Waals surface area contributed by atoms with Crippen molar-refractivity contribution >= 4 is 55.0 Å². The van der Waals surface area contributed by atoms with E-state index in [0.29, 0.717) is 6.04 Å². The lowest BCUT2D eigenvalue weighted by atomic mass is 9.98. The third-order valence-electron chi connectivity index (χ3n) is 12.0. The molecule has 54 heavy (non-hydrogen) atoms. The molecule has 0 aliphatic carbocycles. The van der Waals surface area contributed by atoms with Gasteiger partial charge in [0.05, 0.1) is 22.1 Å². The minimum atomic E-state index is 0.520. The molecule has 2 aromatic heterocycles. The normalized spacial score (nSPS) is 14.7. The van der Waals surface area contributed by atoms with Crippen LogP contribution in [0.25, 0.3) is 77.2 Å². The van der Waals surface area contributed by atoms with Crippen LogP contribution < -0.4 is 4.90 Å². The Kier molecular flexibility index (Phi) is 6.23. The van der Waals surface area contributed by atoms with Gasteiger partial charge in [-0.25, -0.2) is 0 Å². The summed E-state index contributed by atoms with van der Waals surface area (Å²) in [6.45, 7) is 0. The summed E-state index contributed by atoms with van der Waals surface area (Å²) in [5.74, 6) is 0. The molecule has 0 saturated carbocycles. The minimum absolute atomic E-state index is 0.520. The van der Waals surface area contributed by atoms with Crippen LogP contribution in [0.1, 0.15) is 11.1 Å². The summed E-state index contributed by atoms with van der Waals surface area (Å²) < 4.78 is 4.80. The molecule has 0 spiro atoms. The average Bonchev–Trinajstić information content (AvgIpc) is 3.97. The molecule has 254 valence electrons. The number of fused-ring (bicyclic) bond motifs is 11. The number of benzene rings is 8. The second-order valence-corrected chi connectivity index (χ2v) is 15.0. The van der Waals surface area contributed by atoms with Crippen LogP contribution in [0.4, 0.5) is 11.4 Å². The molecule has 3 nitrogen and oxygen atoms in total. The first-order valence-corrected chi connectivity index (χ1v) is 19.0. The smallest absolute Gasteiger partial charge is 0.0541 e. The fraction of sp³-hybridized carbons (Fsp3) is 0.0588. The molecule has 2 aliphatic heterocycles. The molecular weight excluding hydrogens is 655 g/mol. The standard InChI is InChI=1S/C51H35N3/c1-3-12-39(13-4-1)52-47-18-10-8-16-42(47)43-29-33(21-24-48(43)52)34-22-25-49-44(30-34)45-31-35(23-26-50(45)53(49)40-14-5-2-6-15-40)36-19-20-38-28-41-27-37-11-7-9-17-46(37)54(41)51(38)32-36/h1-26,29-32,41H,27-28H2. The van der Waals surface area contributed by atoms with E-state index >= 15 is 0 Å². The van der Waals surface area contributed by atoms with Gasteiger partial charge in [-0.15, -0.1) is 0 Å². The fourth-order valence-electron chi connectivity index (χ4n) is 9.59. The first-order valence-electron chi connectivity index (χ1n) is 19.0. The Morgan fingerprint density at radius 1 is 0.333 bits per heavy atom. The van der Waals surface area contributed by atoms with Crippen LogP contribution in [0.15, 0.2) is 182 Å². The van der Waals surface area contributed by atoms with Crippen molar-refractivity contribution in [1.82, 2.24) is 9.13 Å². The van der Waals surface area contributed by atoms with Crippen molar-refractivity contribution in [3.8, 4) is 33.6 Å².